The number of anilines is 2. The zero-order valence-electron chi connectivity index (χ0n) is 15.6. The number of hydrogen-bond donors (Lipinski definition) is 2. The third-order valence-corrected chi connectivity index (χ3v) is 4.57. The molecular weight excluding hydrogens is 411 g/mol. The first-order valence-electron chi connectivity index (χ1n) is 8.58. The molecule has 0 atom stereocenters. The Balaban J connectivity index is 1.68. The summed E-state index contributed by atoms with van der Waals surface area (Å²) in [6.07, 6.45) is 2.67. The predicted octanol–water partition coefficient (Wildman–Crippen LogP) is 4.47. The van der Waals surface area contributed by atoms with Crippen molar-refractivity contribution in [2.45, 2.75) is 6.92 Å². The monoisotopic (exact) mass is 426 g/mol. The Hall–Kier alpha value is -3.92. The predicted molar refractivity (Wildman–Crippen MR) is 113 cm³/mol. The number of non-ortho nitro benzene ring substituents is 1. The van der Waals surface area contributed by atoms with Crippen LogP contribution < -0.4 is 10.6 Å². The van der Waals surface area contributed by atoms with E-state index in [1.54, 1.807) is 17.5 Å². The fraction of sp³-hybridized carbons (Fsp3) is 0.0500. The van der Waals surface area contributed by atoms with Crippen molar-refractivity contribution in [3.63, 3.8) is 0 Å². The lowest BCUT2D eigenvalue weighted by atomic mass is 10.1. The van der Waals surface area contributed by atoms with Crippen LogP contribution in [0.4, 0.5) is 20.9 Å². The van der Waals surface area contributed by atoms with Crippen LogP contribution in [0.1, 0.15) is 12.5 Å². The largest absolute Gasteiger partial charge is 0.326 e. The third kappa shape index (κ3) is 5.32. The van der Waals surface area contributed by atoms with Crippen LogP contribution in [0.15, 0.2) is 53.9 Å². The Morgan fingerprint density at radius 2 is 2.00 bits per heavy atom. The second-order valence-electron chi connectivity index (χ2n) is 6.09. The standard InChI is InChI=1S/C20H15FN4O4S/c1-12(26)22-14-6-7-16(17(21)10-14)18-11-30-20(23-18)24-19(27)8-5-13-3-2-4-15(9-13)25(28)29/h2-11H,1H3,(H,22,26)(H,23,24,27)/b8-5+. The molecule has 0 fully saturated rings. The summed E-state index contributed by atoms with van der Waals surface area (Å²) in [5.74, 6) is -1.35. The molecule has 10 heteroatoms. The highest BCUT2D eigenvalue weighted by Crippen LogP contribution is 2.28. The number of hydrogen-bond acceptors (Lipinski definition) is 6. The summed E-state index contributed by atoms with van der Waals surface area (Å²) in [6.45, 7) is 1.33. The van der Waals surface area contributed by atoms with E-state index in [4.69, 9.17) is 0 Å². The topological polar surface area (TPSA) is 114 Å². The molecule has 0 aliphatic carbocycles. The lowest BCUT2D eigenvalue weighted by Gasteiger charge is -2.04. The SMILES string of the molecule is CC(=O)Nc1ccc(-c2csc(NC(=O)/C=C/c3cccc([N+](=O)[O-])c3)n2)c(F)c1. The molecular formula is C20H15FN4O4S. The van der Waals surface area contributed by atoms with Crippen LogP contribution >= 0.6 is 11.3 Å². The number of carbonyl (C=O) groups excluding carboxylic acids is 2. The molecule has 0 saturated heterocycles. The molecule has 0 saturated carbocycles. The van der Waals surface area contributed by atoms with Crippen molar-refractivity contribution < 1.29 is 18.9 Å². The smallest absolute Gasteiger partial charge is 0.270 e. The number of halogens is 1. The first-order chi connectivity index (χ1) is 14.3. The molecule has 8 nitrogen and oxygen atoms in total. The Kier molecular flexibility index (Phi) is 6.28. The van der Waals surface area contributed by atoms with Gasteiger partial charge in [-0.3, -0.25) is 25.0 Å². The molecule has 30 heavy (non-hydrogen) atoms. The van der Waals surface area contributed by atoms with Gasteiger partial charge >= 0.3 is 0 Å². The van der Waals surface area contributed by atoms with Gasteiger partial charge in [-0.25, -0.2) is 9.37 Å². The van der Waals surface area contributed by atoms with Crippen molar-refractivity contribution in [3.05, 3.63) is 75.4 Å². The minimum absolute atomic E-state index is 0.0753. The minimum Gasteiger partial charge on any atom is -0.326 e. The molecule has 0 unspecified atom stereocenters. The van der Waals surface area contributed by atoms with Crippen molar-refractivity contribution in [2.24, 2.45) is 0 Å². The highest BCUT2D eigenvalue weighted by atomic mass is 32.1. The van der Waals surface area contributed by atoms with Gasteiger partial charge in [-0.2, -0.15) is 0 Å². The van der Waals surface area contributed by atoms with E-state index in [1.165, 1.54) is 49.4 Å². The first kappa shape index (κ1) is 20.8. The molecule has 3 aromatic rings. The van der Waals surface area contributed by atoms with Gasteiger partial charge < -0.3 is 5.32 Å². The van der Waals surface area contributed by atoms with E-state index in [2.05, 4.69) is 15.6 Å². The maximum Gasteiger partial charge on any atom is 0.270 e. The average molecular weight is 426 g/mol. The number of nitrogens with zero attached hydrogens (tertiary/aromatic N) is 2. The Labute approximate surface area is 174 Å². The Morgan fingerprint density at radius 1 is 1.20 bits per heavy atom. The summed E-state index contributed by atoms with van der Waals surface area (Å²) in [5, 5.41) is 17.7. The number of nitrogens with one attached hydrogen (secondary N) is 2. The van der Waals surface area contributed by atoms with Crippen LogP contribution in [-0.4, -0.2) is 21.7 Å². The fourth-order valence-electron chi connectivity index (χ4n) is 2.52. The molecule has 0 aliphatic heterocycles. The number of nitro groups is 1. The molecule has 1 heterocycles. The summed E-state index contributed by atoms with van der Waals surface area (Å²) in [4.78, 5) is 37.6. The highest BCUT2D eigenvalue weighted by Gasteiger charge is 2.12. The van der Waals surface area contributed by atoms with Gasteiger partial charge in [0.2, 0.25) is 11.8 Å². The van der Waals surface area contributed by atoms with Gasteiger partial charge in [0.1, 0.15) is 5.82 Å². The number of carbonyl (C=O) groups is 2. The zero-order chi connectivity index (χ0) is 21.7. The average Bonchev–Trinajstić information content (AvgIpc) is 3.14. The molecule has 2 aromatic carbocycles. The van der Waals surface area contributed by atoms with E-state index in [1.807, 2.05) is 0 Å². The molecule has 0 bridgehead atoms. The molecule has 0 radical (unpaired) electrons. The van der Waals surface area contributed by atoms with Crippen LogP contribution in [0.25, 0.3) is 17.3 Å². The maximum absolute atomic E-state index is 14.3. The Morgan fingerprint density at radius 3 is 2.70 bits per heavy atom. The van der Waals surface area contributed by atoms with Gasteiger partial charge in [-0.1, -0.05) is 12.1 Å². The van der Waals surface area contributed by atoms with Gasteiger partial charge in [-0.05, 0) is 29.8 Å². The van der Waals surface area contributed by atoms with Crippen molar-refractivity contribution in [1.82, 2.24) is 4.98 Å². The third-order valence-electron chi connectivity index (χ3n) is 3.81. The molecule has 0 aliphatic rings. The van der Waals surface area contributed by atoms with Crippen molar-refractivity contribution >= 4 is 45.7 Å². The molecule has 1 aromatic heterocycles. The number of rotatable bonds is 6. The van der Waals surface area contributed by atoms with Crippen LogP contribution in [0, 0.1) is 15.9 Å². The number of aromatic nitrogens is 1. The summed E-state index contributed by atoms with van der Waals surface area (Å²) in [6, 6.07) is 10.1. The second kappa shape index (κ2) is 9.05. The van der Waals surface area contributed by atoms with Crippen molar-refractivity contribution in [1.29, 1.82) is 0 Å². The second-order valence-corrected chi connectivity index (χ2v) is 6.95. The van der Waals surface area contributed by atoms with Gasteiger partial charge in [0.15, 0.2) is 5.13 Å². The number of thiazole rings is 1. The first-order valence-corrected chi connectivity index (χ1v) is 9.46. The molecule has 3 rings (SSSR count). The molecule has 2 N–H and O–H groups in total. The van der Waals surface area contributed by atoms with E-state index in [0.717, 1.165) is 11.3 Å². The van der Waals surface area contributed by atoms with Crippen LogP contribution in [-0.2, 0) is 9.59 Å². The van der Waals surface area contributed by atoms with E-state index in [9.17, 15) is 24.1 Å². The van der Waals surface area contributed by atoms with Gasteiger partial charge in [-0.15, -0.1) is 11.3 Å². The summed E-state index contributed by atoms with van der Waals surface area (Å²) in [5.41, 5.74) is 1.32. The van der Waals surface area contributed by atoms with Crippen LogP contribution in [0.3, 0.4) is 0 Å². The minimum atomic E-state index is -0.560. The zero-order valence-corrected chi connectivity index (χ0v) is 16.4. The highest BCUT2D eigenvalue weighted by molar-refractivity contribution is 7.14. The quantitative estimate of drug-likeness (QED) is 0.343. The van der Waals surface area contributed by atoms with Crippen LogP contribution in [0.2, 0.25) is 0 Å². The summed E-state index contributed by atoms with van der Waals surface area (Å²) >= 11 is 1.12. The fourth-order valence-corrected chi connectivity index (χ4v) is 3.23. The van der Waals surface area contributed by atoms with E-state index < -0.39 is 16.6 Å². The van der Waals surface area contributed by atoms with Gasteiger partial charge in [0, 0.05) is 41.8 Å². The molecule has 152 valence electrons. The van der Waals surface area contributed by atoms with Crippen molar-refractivity contribution in [3.8, 4) is 11.3 Å². The van der Waals surface area contributed by atoms with E-state index in [0.29, 0.717) is 16.9 Å². The van der Waals surface area contributed by atoms with Gasteiger partial charge in [0.25, 0.3) is 5.69 Å². The lowest BCUT2D eigenvalue weighted by Crippen LogP contribution is -2.07. The molecule has 2 amide bonds. The normalized spacial score (nSPS) is 10.7. The van der Waals surface area contributed by atoms with E-state index in [-0.39, 0.29) is 22.3 Å². The van der Waals surface area contributed by atoms with Crippen molar-refractivity contribution in [2.75, 3.05) is 10.6 Å². The lowest BCUT2D eigenvalue weighted by molar-refractivity contribution is -0.384. The summed E-state index contributed by atoms with van der Waals surface area (Å²) in [7, 11) is 0. The number of nitro benzene ring substituents is 1. The summed E-state index contributed by atoms with van der Waals surface area (Å²) < 4.78 is 14.3. The maximum atomic E-state index is 14.3. The number of benzene rings is 2. The molecule has 0 spiro atoms. The van der Waals surface area contributed by atoms with Gasteiger partial charge in [0.05, 0.1) is 10.6 Å². The van der Waals surface area contributed by atoms with Crippen LogP contribution in [0.5, 0.6) is 0 Å². The number of amides is 2. The Bertz CT molecular complexity index is 1160. The van der Waals surface area contributed by atoms with E-state index >= 15 is 0 Å².